The van der Waals surface area contributed by atoms with Crippen molar-refractivity contribution in [3.05, 3.63) is 39.9 Å². The Morgan fingerprint density at radius 1 is 1.41 bits per heavy atom. The van der Waals surface area contributed by atoms with Crippen molar-refractivity contribution in [3.8, 4) is 0 Å². The SMILES string of the molecule is CC(C)(C)C(CF)CN1CC(c2ccc([N+](=O)[O-])cc2)N=N1. The Bertz CT molecular complexity index is 554. The van der Waals surface area contributed by atoms with Crippen LogP contribution in [0.2, 0.25) is 0 Å². The molecule has 22 heavy (non-hydrogen) atoms. The maximum atomic E-state index is 13.2. The van der Waals surface area contributed by atoms with Crippen LogP contribution in [0.15, 0.2) is 34.6 Å². The largest absolute Gasteiger partial charge is 0.276 e. The smallest absolute Gasteiger partial charge is 0.269 e. The Hall–Kier alpha value is -2.05. The summed E-state index contributed by atoms with van der Waals surface area (Å²) in [5, 5.41) is 20.7. The first-order valence-corrected chi connectivity index (χ1v) is 7.27. The van der Waals surface area contributed by atoms with E-state index < -0.39 is 11.6 Å². The number of nitro benzene ring substituents is 1. The number of non-ortho nitro benzene ring substituents is 1. The molecule has 1 aliphatic rings. The van der Waals surface area contributed by atoms with Crippen molar-refractivity contribution < 1.29 is 9.31 Å². The van der Waals surface area contributed by atoms with Crippen LogP contribution >= 0.6 is 0 Å². The number of nitrogens with zero attached hydrogens (tertiary/aromatic N) is 4. The zero-order valence-corrected chi connectivity index (χ0v) is 13.1. The van der Waals surface area contributed by atoms with Gasteiger partial charge in [-0.25, -0.2) is 0 Å². The van der Waals surface area contributed by atoms with E-state index in [9.17, 15) is 14.5 Å². The first-order valence-electron chi connectivity index (χ1n) is 7.27. The van der Waals surface area contributed by atoms with Crippen molar-refractivity contribution in [1.82, 2.24) is 5.01 Å². The number of nitro groups is 1. The zero-order valence-electron chi connectivity index (χ0n) is 13.1. The van der Waals surface area contributed by atoms with Gasteiger partial charge in [0.25, 0.3) is 5.69 Å². The number of hydrogen-bond donors (Lipinski definition) is 0. The second-order valence-corrected chi connectivity index (χ2v) is 6.66. The molecule has 1 aromatic carbocycles. The fourth-order valence-corrected chi connectivity index (χ4v) is 2.32. The van der Waals surface area contributed by atoms with E-state index in [1.54, 1.807) is 17.1 Å². The summed E-state index contributed by atoms with van der Waals surface area (Å²) in [7, 11) is 0. The number of hydrogen-bond acceptors (Lipinski definition) is 5. The van der Waals surface area contributed by atoms with E-state index in [4.69, 9.17) is 0 Å². The molecule has 0 aliphatic carbocycles. The summed E-state index contributed by atoms with van der Waals surface area (Å²) in [6.45, 7) is 6.74. The lowest BCUT2D eigenvalue weighted by atomic mass is 9.81. The summed E-state index contributed by atoms with van der Waals surface area (Å²) in [6.07, 6.45) is 0. The summed E-state index contributed by atoms with van der Waals surface area (Å²) in [4.78, 5) is 10.2. The van der Waals surface area contributed by atoms with Gasteiger partial charge in [-0.1, -0.05) is 26.0 Å². The van der Waals surface area contributed by atoms with Crippen molar-refractivity contribution >= 4 is 5.69 Å². The molecule has 1 heterocycles. The van der Waals surface area contributed by atoms with Crippen LogP contribution in [-0.2, 0) is 0 Å². The minimum absolute atomic E-state index is 0.0563. The molecule has 2 unspecified atom stereocenters. The first-order chi connectivity index (χ1) is 10.3. The standard InChI is InChI=1S/C15H21FN4O2/c1-15(2,3)12(8-16)9-19-10-14(17-18-19)11-4-6-13(7-5-11)20(21)22/h4-7,12,14H,8-10H2,1-3H3. The molecule has 0 fully saturated rings. The molecule has 120 valence electrons. The molecule has 0 radical (unpaired) electrons. The second kappa shape index (κ2) is 6.37. The Labute approximate surface area is 129 Å². The highest BCUT2D eigenvalue weighted by Crippen LogP contribution is 2.31. The van der Waals surface area contributed by atoms with Gasteiger partial charge >= 0.3 is 0 Å². The lowest BCUT2D eigenvalue weighted by Crippen LogP contribution is -2.34. The Balaban J connectivity index is 1.98. The van der Waals surface area contributed by atoms with Crippen LogP contribution in [0.4, 0.5) is 10.1 Å². The molecule has 1 aliphatic heterocycles. The number of halogens is 1. The summed E-state index contributed by atoms with van der Waals surface area (Å²) < 4.78 is 13.2. The molecular formula is C15H21FN4O2. The summed E-state index contributed by atoms with van der Waals surface area (Å²) in [6, 6.07) is 6.17. The molecular weight excluding hydrogens is 287 g/mol. The Morgan fingerprint density at radius 3 is 2.55 bits per heavy atom. The van der Waals surface area contributed by atoms with Gasteiger partial charge in [0, 0.05) is 24.6 Å². The molecule has 0 N–H and O–H groups in total. The average molecular weight is 308 g/mol. The molecule has 0 saturated heterocycles. The van der Waals surface area contributed by atoms with Crippen LogP contribution in [0.5, 0.6) is 0 Å². The van der Waals surface area contributed by atoms with E-state index in [1.807, 2.05) is 20.8 Å². The van der Waals surface area contributed by atoms with Crippen molar-refractivity contribution in [3.63, 3.8) is 0 Å². The van der Waals surface area contributed by atoms with E-state index in [0.29, 0.717) is 13.1 Å². The molecule has 2 atom stereocenters. The summed E-state index contributed by atoms with van der Waals surface area (Å²) in [5.41, 5.74) is 0.806. The number of rotatable bonds is 5. The van der Waals surface area contributed by atoms with Crippen LogP contribution in [0.3, 0.4) is 0 Å². The highest BCUT2D eigenvalue weighted by molar-refractivity contribution is 5.34. The molecule has 7 heteroatoms. The fourth-order valence-electron chi connectivity index (χ4n) is 2.32. The van der Waals surface area contributed by atoms with E-state index in [0.717, 1.165) is 5.56 Å². The molecule has 0 bridgehead atoms. The molecule has 2 rings (SSSR count). The van der Waals surface area contributed by atoms with Gasteiger partial charge in [-0.3, -0.25) is 19.5 Å². The quantitative estimate of drug-likeness (QED) is 0.610. The highest BCUT2D eigenvalue weighted by Gasteiger charge is 2.30. The van der Waals surface area contributed by atoms with Crippen LogP contribution in [-0.4, -0.2) is 29.7 Å². The van der Waals surface area contributed by atoms with Gasteiger partial charge < -0.3 is 0 Å². The van der Waals surface area contributed by atoms with Crippen molar-refractivity contribution in [2.24, 2.45) is 21.7 Å². The molecule has 1 aromatic rings. The lowest BCUT2D eigenvalue weighted by Gasteiger charge is -2.30. The number of alkyl halides is 1. The third-order valence-electron chi connectivity index (χ3n) is 4.03. The van der Waals surface area contributed by atoms with Crippen LogP contribution in [0.25, 0.3) is 0 Å². The maximum Gasteiger partial charge on any atom is 0.269 e. The number of benzene rings is 1. The van der Waals surface area contributed by atoms with E-state index in [2.05, 4.69) is 10.3 Å². The average Bonchev–Trinajstić information content (AvgIpc) is 2.92. The van der Waals surface area contributed by atoms with E-state index >= 15 is 0 Å². The van der Waals surface area contributed by atoms with Crippen molar-refractivity contribution in [2.75, 3.05) is 19.8 Å². The minimum Gasteiger partial charge on any atom is -0.276 e. The van der Waals surface area contributed by atoms with Gasteiger partial charge in [0.05, 0.1) is 18.1 Å². The Kier molecular flexibility index (Phi) is 4.73. The minimum atomic E-state index is -0.429. The monoisotopic (exact) mass is 308 g/mol. The van der Waals surface area contributed by atoms with Gasteiger partial charge in [-0.05, 0) is 23.1 Å². The molecule has 0 spiro atoms. The molecule has 6 nitrogen and oxygen atoms in total. The van der Waals surface area contributed by atoms with Gasteiger partial charge in [-0.2, -0.15) is 5.11 Å². The first kappa shape index (κ1) is 16.3. The van der Waals surface area contributed by atoms with Crippen LogP contribution in [0.1, 0.15) is 32.4 Å². The third kappa shape index (κ3) is 3.78. The van der Waals surface area contributed by atoms with E-state index in [1.165, 1.54) is 12.1 Å². The van der Waals surface area contributed by atoms with Crippen LogP contribution < -0.4 is 0 Å². The second-order valence-electron chi connectivity index (χ2n) is 6.66. The van der Waals surface area contributed by atoms with Crippen molar-refractivity contribution in [1.29, 1.82) is 0 Å². The summed E-state index contributed by atoms with van der Waals surface area (Å²) >= 11 is 0. The van der Waals surface area contributed by atoms with Gasteiger partial charge in [0.1, 0.15) is 6.04 Å². The Morgan fingerprint density at radius 2 is 2.05 bits per heavy atom. The topological polar surface area (TPSA) is 71.1 Å². The molecule has 0 amide bonds. The molecule has 0 aromatic heterocycles. The zero-order chi connectivity index (χ0) is 16.3. The van der Waals surface area contributed by atoms with Gasteiger partial charge in [0.2, 0.25) is 0 Å². The van der Waals surface area contributed by atoms with E-state index in [-0.39, 0.29) is 23.1 Å². The van der Waals surface area contributed by atoms with Gasteiger partial charge in [-0.15, -0.1) is 0 Å². The van der Waals surface area contributed by atoms with Crippen molar-refractivity contribution in [2.45, 2.75) is 26.8 Å². The summed E-state index contributed by atoms with van der Waals surface area (Å²) in [5.74, 6) is -0.109. The lowest BCUT2D eigenvalue weighted by molar-refractivity contribution is -0.384. The third-order valence-corrected chi connectivity index (χ3v) is 4.03. The predicted molar refractivity (Wildman–Crippen MR) is 81.2 cm³/mol. The highest BCUT2D eigenvalue weighted by atomic mass is 19.1. The predicted octanol–water partition coefficient (Wildman–Crippen LogP) is 3.95. The fraction of sp³-hybridized carbons (Fsp3) is 0.600. The molecule has 0 saturated carbocycles. The van der Waals surface area contributed by atoms with Gasteiger partial charge in [0.15, 0.2) is 0 Å². The van der Waals surface area contributed by atoms with Crippen LogP contribution in [0, 0.1) is 21.4 Å². The normalized spacial score (nSPS) is 19.5. The maximum absolute atomic E-state index is 13.2.